The molecular formula is C17H13Cl2N3O2. The van der Waals surface area contributed by atoms with Crippen molar-refractivity contribution in [2.45, 2.75) is 0 Å². The molecule has 122 valence electrons. The molecule has 0 atom stereocenters. The number of carbonyl (C=O) groups is 1. The van der Waals surface area contributed by atoms with Crippen molar-refractivity contribution in [3.8, 4) is 5.75 Å². The highest BCUT2D eigenvalue weighted by atomic mass is 35.5. The lowest BCUT2D eigenvalue weighted by molar-refractivity contribution is -0.113. The molecule has 0 aliphatic carbocycles. The Morgan fingerprint density at radius 1 is 1.25 bits per heavy atom. The number of hydrogen-bond donors (Lipinski definition) is 2. The molecule has 0 bridgehead atoms. The molecule has 0 saturated carbocycles. The van der Waals surface area contributed by atoms with Gasteiger partial charge in [0.05, 0.1) is 28.9 Å². The first-order valence-electron chi connectivity index (χ1n) is 7.11. The van der Waals surface area contributed by atoms with Crippen LogP contribution in [0.3, 0.4) is 0 Å². The number of ether oxygens (including phenoxy) is 1. The Labute approximate surface area is 148 Å². The number of carbonyl (C=O) groups excluding carboxylic acids is 1. The molecule has 0 saturated heterocycles. The number of anilines is 1. The van der Waals surface area contributed by atoms with Crippen LogP contribution in [0.4, 0.5) is 5.95 Å². The number of hydrogen-bond acceptors (Lipinski definition) is 4. The van der Waals surface area contributed by atoms with Crippen LogP contribution >= 0.6 is 23.2 Å². The lowest BCUT2D eigenvalue weighted by Crippen LogP contribution is -2.12. The van der Waals surface area contributed by atoms with Gasteiger partial charge >= 0.3 is 0 Å². The highest BCUT2D eigenvalue weighted by Gasteiger charge is 2.04. The van der Waals surface area contributed by atoms with E-state index in [9.17, 15) is 4.79 Å². The third-order valence-corrected chi connectivity index (χ3v) is 3.69. The first-order chi connectivity index (χ1) is 11.6. The van der Waals surface area contributed by atoms with Gasteiger partial charge in [-0.2, -0.15) is 0 Å². The number of imidazole rings is 1. The fourth-order valence-electron chi connectivity index (χ4n) is 2.02. The second-order valence-corrected chi connectivity index (χ2v) is 5.76. The summed E-state index contributed by atoms with van der Waals surface area (Å²) in [5, 5.41) is 3.83. The van der Waals surface area contributed by atoms with E-state index in [-0.39, 0.29) is 12.3 Å². The number of ketones is 1. The summed E-state index contributed by atoms with van der Waals surface area (Å²) < 4.78 is 5.32. The van der Waals surface area contributed by atoms with Crippen LogP contribution in [-0.2, 0) is 4.79 Å². The Bertz CT molecular complexity index is 873. The van der Waals surface area contributed by atoms with Gasteiger partial charge in [0, 0.05) is 11.1 Å². The zero-order chi connectivity index (χ0) is 16.9. The quantitative estimate of drug-likeness (QED) is 0.502. The number of para-hydroxylation sites is 2. The molecule has 24 heavy (non-hydrogen) atoms. The number of nitrogens with one attached hydrogen (secondary N) is 2. The monoisotopic (exact) mass is 361 g/mol. The third kappa shape index (κ3) is 4.07. The summed E-state index contributed by atoms with van der Waals surface area (Å²) in [6.07, 6.45) is 2.61. The van der Waals surface area contributed by atoms with Crippen molar-refractivity contribution in [2.75, 3.05) is 11.9 Å². The minimum absolute atomic E-state index is 0.0913. The Balaban J connectivity index is 1.53. The van der Waals surface area contributed by atoms with Gasteiger partial charge in [-0.15, -0.1) is 0 Å². The van der Waals surface area contributed by atoms with Gasteiger partial charge in [-0.05, 0) is 30.3 Å². The van der Waals surface area contributed by atoms with Crippen LogP contribution in [0.2, 0.25) is 10.0 Å². The van der Waals surface area contributed by atoms with Gasteiger partial charge < -0.3 is 15.0 Å². The molecule has 0 amide bonds. The summed E-state index contributed by atoms with van der Waals surface area (Å²) in [7, 11) is 0. The zero-order valence-electron chi connectivity index (χ0n) is 12.4. The standard InChI is InChI=1S/C17H13Cl2N3O2/c18-11-5-6-16(13(19)9-11)24-8-7-12(23)10-20-17-21-14-3-1-2-4-15(14)22-17/h1-9H,10H2,(H2,20,21,22)/b8-7+. The van der Waals surface area contributed by atoms with Crippen molar-refractivity contribution in [1.82, 2.24) is 9.97 Å². The van der Waals surface area contributed by atoms with Crippen LogP contribution in [-0.4, -0.2) is 22.3 Å². The van der Waals surface area contributed by atoms with Gasteiger partial charge in [0.15, 0.2) is 5.78 Å². The van der Waals surface area contributed by atoms with Gasteiger partial charge in [-0.25, -0.2) is 4.98 Å². The van der Waals surface area contributed by atoms with Crippen LogP contribution in [0.1, 0.15) is 0 Å². The average Bonchev–Trinajstić information content (AvgIpc) is 2.98. The Hall–Kier alpha value is -2.50. The first-order valence-corrected chi connectivity index (χ1v) is 7.87. The molecule has 2 N–H and O–H groups in total. The van der Waals surface area contributed by atoms with Gasteiger partial charge in [0.25, 0.3) is 0 Å². The molecule has 2 aromatic carbocycles. The minimum Gasteiger partial charge on any atom is -0.463 e. The van der Waals surface area contributed by atoms with E-state index in [0.717, 1.165) is 11.0 Å². The normalized spacial score (nSPS) is 11.1. The molecule has 0 fully saturated rings. The van der Waals surface area contributed by atoms with Crippen LogP contribution < -0.4 is 10.1 Å². The third-order valence-electron chi connectivity index (χ3n) is 3.16. The van der Waals surface area contributed by atoms with Gasteiger partial charge in [-0.3, -0.25) is 4.79 Å². The Morgan fingerprint density at radius 2 is 2.08 bits per heavy atom. The van der Waals surface area contributed by atoms with Crippen LogP contribution in [0.15, 0.2) is 54.8 Å². The molecule has 0 radical (unpaired) electrons. The lowest BCUT2D eigenvalue weighted by Gasteiger charge is -2.03. The summed E-state index contributed by atoms with van der Waals surface area (Å²) in [4.78, 5) is 19.2. The van der Waals surface area contributed by atoms with E-state index in [0.29, 0.717) is 21.7 Å². The summed E-state index contributed by atoms with van der Waals surface area (Å²) >= 11 is 11.8. The van der Waals surface area contributed by atoms with E-state index in [4.69, 9.17) is 27.9 Å². The number of aromatic nitrogens is 2. The second-order valence-electron chi connectivity index (χ2n) is 4.92. The molecule has 1 aromatic heterocycles. The highest BCUT2D eigenvalue weighted by Crippen LogP contribution is 2.27. The fraction of sp³-hybridized carbons (Fsp3) is 0.0588. The number of aromatic amines is 1. The molecule has 0 aliphatic rings. The van der Waals surface area contributed by atoms with Crippen molar-refractivity contribution in [2.24, 2.45) is 0 Å². The van der Waals surface area contributed by atoms with E-state index in [2.05, 4.69) is 15.3 Å². The van der Waals surface area contributed by atoms with Crippen LogP contribution in [0.25, 0.3) is 11.0 Å². The smallest absolute Gasteiger partial charge is 0.201 e. The van der Waals surface area contributed by atoms with Crippen molar-refractivity contribution >= 4 is 46.0 Å². The van der Waals surface area contributed by atoms with Gasteiger partial charge in [-0.1, -0.05) is 35.3 Å². The SMILES string of the molecule is O=C(/C=C/Oc1ccc(Cl)cc1Cl)CNc1nc2ccccc2[nH]1. The number of H-pyrrole nitrogens is 1. The van der Waals surface area contributed by atoms with E-state index < -0.39 is 0 Å². The average molecular weight is 362 g/mol. The number of benzene rings is 2. The molecule has 3 aromatic rings. The lowest BCUT2D eigenvalue weighted by atomic mass is 10.3. The zero-order valence-corrected chi connectivity index (χ0v) is 13.9. The van der Waals surface area contributed by atoms with Crippen LogP contribution in [0.5, 0.6) is 5.75 Å². The summed E-state index contributed by atoms with van der Waals surface area (Å²) in [5.41, 5.74) is 1.74. The maximum Gasteiger partial charge on any atom is 0.201 e. The van der Waals surface area contributed by atoms with E-state index in [1.54, 1.807) is 18.2 Å². The number of fused-ring (bicyclic) bond motifs is 1. The maximum atomic E-state index is 11.8. The molecular weight excluding hydrogens is 349 g/mol. The topological polar surface area (TPSA) is 67.0 Å². The highest BCUT2D eigenvalue weighted by molar-refractivity contribution is 6.35. The summed E-state index contributed by atoms with van der Waals surface area (Å²) in [6, 6.07) is 12.5. The van der Waals surface area contributed by atoms with E-state index in [1.807, 2.05) is 24.3 Å². The minimum atomic E-state index is -0.166. The molecule has 7 heteroatoms. The molecule has 1 heterocycles. The first kappa shape index (κ1) is 16.4. The van der Waals surface area contributed by atoms with Gasteiger partial charge in [0.2, 0.25) is 5.95 Å². The van der Waals surface area contributed by atoms with E-state index >= 15 is 0 Å². The molecule has 0 aliphatic heterocycles. The Morgan fingerprint density at radius 3 is 2.88 bits per heavy atom. The van der Waals surface area contributed by atoms with Crippen molar-refractivity contribution in [3.63, 3.8) is 0 Å². The van der Waals surface area contributed by atoms with E-state index in [1.165, 1.54) is 12.3 Å². The van der Waals surface area contributed by atoms with Crippen molar-refractivity contribution < 1.29 is 9.53 Å². The molecule has 5 nitrogen and oxygen atoms in total. The number of halogens is 2. The Kier molecular flexibility index (Phi) is 5.03. The molecule has 0 spiro atoms. The summed E-state index contributed by atoms with van der Waals surface area (Å²) in [5.74, 6) is 0.801. The number of rotatable bonds is 6. The molecule has 0 unspecified atom stereocenters. The fourth-order valence-corrected chi connectivity index (χ4v) is 2.47. The van der Waals surface area contributed by atoms with Crippen molar-refractivity contribution in [1.29, 1.82) is 0 Å². The van der Waals surface area contributed by atoms with Crippen molar-refractivity contribution in [3.05, 3.63) is 64.8 Å². The summed E-state index contributed by atoms with van der Waals surface area (Å²) in [6.45, 7) is 0.0913. The second kappa shape index (κ2) is 7.38. The van der Waals surface area contributed by atoms with Gasteiger partial charge in [0.1, 0.15) is 5.75 Å². The predicted molar refractivity (Wildman–Crippen MR) is 95.8 cm³/mol. The largest absolute Gasteiger partial charge is 0.463 e. The maximum absolute atomic E-state index is 11.8. The van der Waals surface area contributed by atoms with Crippen LogP contribution in [0, 0.1) is 0 Å². The molecule has 3 rings (SSSR count). The predicted octanol–water partition coefficient (Wildman–Crippen LogP) is 4.44. The number of nitrogens with zero attached hydrogens (tertiary/aromatic N) is 1.